The molecule has 2 aromatic rings. The van der Waals surface area contributed by atoms with E-state index in [9.17, 15) is 4.79 Å². The quantitative estimate of drug-likeness (QED) is 0.908. The van der Waals surface area contributed by atoms with Gasteiger partial charge in [-0.15, -0.1) is 10.2 Å². The van der Waals surface area contributed by atoms with Crippen LogP contribution < -0.4 is 5.32 Å². The molecule has 0 aromatic carbocycles. The summed E-state index contributed by atoms with van der Waals surface area (Å²) < 4.78 is 1.61. The maximum absolute atomic E-state index is 11.9. The van der Waals surface area contributed by atoms with Crippen LogP contribution in [0.2, 0.25) is 0 Å². The molecule has 0 unspecified atom stereocenters. The number of anilines is 1. The number of hydrogen-bond acceptors (Lipinski definition) is 5. The number of hydrogen-bond donors (Lipinski definition) is 1. The molecule has 2 aromatic heterocycles. The molecule has 3 heterocycles. The minimum atomic E-state index is -0.697. The van der Waals surface area contributed by atoms with Gasteiger partial charge in [0, 0.05) is 6.20 Å². The van der Waals surface area contributed by atoms with Gasteiger partial charge in [0.05, 0.1) is 11.1 Å². The Morgan fingerprint density at radius 2 is 2.00 bits per heavy atom. The Kier molecular flexibility index (Phi) is 2.82. The first-order chi connectivity index (χ1) is 9.80. The molecule has 0 aliphatic carbocycles. The van der Waals surface area contributed by atoms with E-state index < -0.39 is 5.41 Å². The van der Waals surface area contributed by atoms with E-state index in [0.717, 1.165) is 11.3 Å². The van der Waals surface area contributed by atoms with Crippen molar-refractivity contribution in [1.29, 1.82) is 0 Å². The van der Waals surface area contributed by atoms with Gasteiger partial charge in [0.2, 0.25) is 5.91 Å². The number of nitrogens with one attached hydrogen (secondary N) is 1. The first-order valence-corrected chi connectivity index (χ1v) is 6.94. The van der Waals surface area contributed by atoms with Gasteiger partial charge in [-0.2, -0.15) is 10.1 Å². The SMILES string of the molecule is Cc1cn(-c2nnc3c(n2)NC(=O)C3(C)C)nc1C(C)C. The molecule has 0 spiro atoms. The zero-order valence-electron chi connectivity index (χ0n) is 12.8. The molecule has 0 radical (unpaired) electrons. The normalized spacial score (nSPS) is 16.2. The van der Waals surface area contributed by atoms with Crippen molar-refractivity contribution in [3.63, 3.8) is 0 Å². The average molecular weight is 286 g/mol. The largest absolute Gasteiger partial charge is 0.308 e. The lowest BCUT2D eigenvalue weighted by molar-refractivity contribution is -0.119. The van der Waals surface area contributed by atoms with Gasteiger partial charge in [0.25, 0.3) is 5.95 Å². The van der Waals surface area contributed by atoms with Gasteiger partial charge in [-0.25, -0.2) is 4.68 Å². The summed E-state index contributed by atoms with van der Waals surface area (Å²) >= 11 is 0. The predicted molar refractivity (Wildman–Crippen MR) is 77.4 cm³/mol. The van der Waals surface area contributed by atoms with Gasteiger partial charge >= 0.3 is 0 Å². The van der Waals surface area contributed by atoms with Gasteiger partial charge in [-0.05, 0) is 32.3 Å². The second-order valence-corrected chi connectivity index (χ2v) is 6.18. The van der Waals surface area contributed by atoms with E-state index in [4.69, 9.17) is 0 Å². The number of fused-ring (bicyclic) bond motifs is 1. The van der Waals surface area contributed by atoms with Crippen molar-refractivity contribution >= 4 is 11.7 Å². The molecule has 1 amide bonds. The minimum Gasteiger partial charge on any atom is -0.308 e. The fourth-order valence-electron chi connectivity index (χ4n) is 2.44. The Morgan fingerprint density at radius 3 is 2.62 bits per heavy atom. The summed E-state index contributed by atoms with van der Waals surface area (Å²) in [5.74, 6) is 1.04. The Hall–Kier alpha value is -2.31. The van der Waals surface area contributed by atoms with Crippen molar-refractivity contribution in [2.75, 3.05) is 5.32 Å². The number of nitrogens with zero attached hydrogens (tertiary/aromatic N) is 5. The molecule has 1 aliphatic rings. The molecular formula is C14H18N6O. The van der Waals surface area contributed by atoms with Crippen LogP contribution in [0.15, 0.2) is 6.20 Å². The van der Waals surface area contributed by atoms with Crippen molar-refractivity contribution in [1.82, 2.24) is 25.0 Å². The lowest BCUT2D eigenvalue weighted by Crippen LogP contribution is -2.27. The second kappa shape index (κ2) is 4.34. The van der Waals surface area contributed by atoms with Crippen molar-refractivity contribution in [3.8, 4) is 5.95 Å². The highest BCUT2D eigenvalue weighted by Crippen LogP contribution is 2.33. The molecule has 110 valence electrons. The molecular weight excluding hydrogens is 268 g/mol. The maximum atomic E-state index is 11.9. The van der Waals surface area contributed by atoms with Crippen LogP contribution in [-0.2, 0) is 10.2 Å². The van der Waals surface area contributed by atoms with Crippen molar-refractivity contribution in [3.05, 3.63) is 23.1 Å². The second-order valence-electron chi connectivity index (χ2n) is 6.18. The fourth-order valence-corrected chi connectivity index (χ4v) is 2.44. The third-order valence-corrected chi connectivity index (χ3v) is 3.75. The minimum absolute atomic E-state index is 0.115. The summed E-state index contributed by atoms with van der Waals surface area (Å²) in [4.78, 5) is 16.3. The Morgan fingerprint density at radius 1 is 1.29 bits per heavy atom. The van der Waals surface area contributed by atoms with Crippen LogP contribution in [0.3, 0.4) is 0 Å². The molecule has 7 nitrogen and oxygen atoms in total. The van der Waals surface area contributed by atoms with E-state index in [1.807, 2.05) is 13.1 Å². The molecule has 21 heavy (non-hydrogen) atoms. The highest BCUT2D eigenvalue weighted by molar-refractivity contribution is 6.03. The van der Waals surface area contributed by atoms with Crippen LogP contribution in [-0.4, -0.2) is 30.9 Å². The summed E-state index contributed by atoms with van der Waals surface area (Å²) in [5, 5.41) is 15.5. The average Bonchev–Trinajstić information content (AvgIpc) is 2.89. The molecule has 3 rings (SSSR count). The molecule has 1 N–H and O–H groups in total. The zero-order valence-corrected chi connectivity index (χ0v) is 12.8. The van der Waals surface area contributed by atoms with Gasteiger partial charge in [-0.1, -0.05) is 13.8 Å². The standard InChI is InChI=1S/C14H18N6O/c1-7(2)9-8(3)6-20(19-9)13-16-11-10(17-18-13)14(4,5)12(21)15-11/h6-7H,1-5H3,(H,15,16,18,21). The number of aryl methyl sites for hydroxylation is 1. The smallest absolute Gasteiger partial charge is 0.272 e. The molecule has 7 heteroatoms. The van der Waals surface area contributed by atoms with Gasteiger partial charge < -0.3 is 5.32 Å². The van der Waals surface area contributed by atoms with Crippen LogP contribution in [0.5, 0.6) is 0 Å². The van der Waals surface area contributed by atoms with Gasteiger partial charge in [-0.3, -0.25) is 4.79 Å². The van der Waals surface area contributed by atoms with E-state index in [2.05, 4.69) is 39.4 Å². The zero-order chi connectivity index (χ0) is 15.4. The molecule has 0 atom stereocenters. The van der Waals surface area contributed by atoms with Crippen LogP contribution in [0, 0.1) is 6.92 Å². The van der Waals surface area contributed by atoms with Crippen LogP contribution in [0.4, 0.5) is 5.82 Å². The number of carbonyl (C=O) groups is 1. The number of amides is 1. The topological polar surface area (TPSA) is 85.6 Å². The van der Waals surface area contributed by atoms with E-state index >= 15 is 0 Å². The Labute approximate surface area is 122 Å². The number of rotatable bonds is 2. The van der Waals surface area contributed by atoms with Crippen LogP contribution in [0.1, 0.15) is 50.6 Å². The van der Waals surface area contributed by atoms with Gasteiger partial charge in [0.15, 0.2) is 5.82 Å². The summed E-state index contributed by atoms with van der Waals surface area (Å²) in [6.45, 7) is 9.79. The summed E-state index contributed by atoms with van der Waals surface area (Å²) in [5.41, 5.74) is 1.96. The molecule has 0 saturated carbocycles. The Balaban J connectivity index is 2.05. The Bertz CT molecular complexity index is 731. The highest BCUT2D eigenvalue weighted by atomic mass is 16.2. The lowest BCUT2D eigenvalue weighted by atomic mass is 9.91. The molecule has 0 fully saturated rings. The summed E-state index contributed by atoms with van der Waals surface area (Å²) in [6.07, 6.45) is 1.88. The summed E-state index contributed by atoms with van der Waals surface area (Å²) in [7, 11) is 0. The summed E-state index contributed by atoms with van der Waals surface area (Å²) in [6, 6.07) is 0. The molecule has 0 bridgehead atoms. The molecule has 0 saturated heterocycles. The predicted octanol–water partition coefficient (Wildman–Crippen LogP) is 1.72. The maximum Gasteiger partial charge on any atom is 0.272 e. The first kappa shape index (κ1) is 13.7. The third-order valence-electron chi connectivity index (χ3n) is 3.75. The third kappa shape index (κ3) is 2.00. The van der Waals surface area contributed by atoms with Crippen molar-refractivity contribution in [2.24, 2.45) is 0 Å². The highest BCUT2D eigenvalue weighted by Gasteiger charge is 2.41. The number of carbonyl (C=O) groups excluding carboxylic acids is 1. The lowest BCUT2D eigenvalue weighted by Gasteiger charge is -2.12. The van der Waals surface area contributed by atoms with Crippen LogP contribution in [0.25, 0.3) is 5.95 Å². The monoisotopic (exact) mass is 286 g/mol. The van der Waals surface area contributed by atoms with Crippen molar-refractivity contribution in [2.45, 2.75) is 46.0 Å². The van der Waals surface area contributed by atoms with E-state index in [1.165, 1.54) is 0 Å². The van der Waals surface area contributed by atoms with Crippen LogP contribution >= 0.6 is 0 Å². The van der Waals surface area contributed by atoms with E-state index in [1.54, 1.807) is 18.5 Å². The fraction of sp³-hybridized carbons (Fsp3) is 0.500. The first-order valence-electron chi connectivity index (χ1n) is 6.94. The van der Waals surface area contributed by atoms with E-state index in [0.29, 0.717) is 23.4 Å². The van der Waals surface area contributed by atoms with Gasteiger partial charge in [0.1, 0.15) is 5.69 Å². The van der Waals surface area contributed by atoms with E-state index in [-0.39, 0.29) is 5.91 Å². The number of aromatic nitrogens is 5. The molecule has 1 aliphatic heterocycles. The van der Waals surface area contributed by atoms with Crippen molar-refractivity contribution < 1.29 is 4.79 Å².